The van der Waals surface area contributed by atoms with Crippen molar-refractivity contribution in [1.29, 1.82) is 0 Å². The summed E-state index contributed by atoms with van der Waals surface area (Å²) in [5.41, 5.74) is -0.859. The lowest BCUT2D eigenvalue weighted by Crippen LogP contribution is -2.51. The van der Waals surface area contributed by atoms with Crippen molar-refractivity contribution in [2.75, 3.05) is 13.1 Å². The van der Waals surface area contributed by atoms with Gasteiger partial charge in [-0.25, -0.2) is 0 Å². The molecule has 6 heteroatoms. The minimum atomic E-state index is -3.46. The summed E-state index contributed by atoms with van der Waals surface area (Å²) < 4.78 is 28.9. The normalized spacial score (nSPS) is 29.0. The van der Waals surface area contributed by atoms with Crippen LogP contribution in [0.25, 0.3) is 0 Å². The topological polar surface area (TPSA) is 69.6 Å². The molecule has 0 radical (unpaired) electrons. The van der Waals surface area contributed by atoms with E-state index in [9.17, 15) is 13.5 Å². The van der Waals surface area contributed by atoms with Gasteiger partial charge in [0, 0.05) is 19.1 Å². The molecule has 1 unspecified atom stereocenters. The summed E-state index contributed by atoms with van der Waals surface area (Å²) in [7, 11) is -3.46. The van der Waals surface area contributed by atoms with Crippen molar-refractivity contribution < 1.29 is 13.5 Å². The van der Waals surface area contributed by atoms with E-state index in [4.69, 9.17) is 0 Å². The van der Waals surface area contributed by atoms with Crippen LogP contribution in [-0.4, -0.2) is 42.6 Å². The van der Waals surface area contributed by atoms with Crippen LogP contribution in [0.3, 0.4) is 0 Å². The number of hydrogen-bond donors (Lipinski definition) is 2. The van der Waals surface area contributed by atoms with Gasteiger partial charge in [-0.2, -0.15) is 17.4 Å². The molecule has 2 rings (SSSR count). The molecule has 0 bridgehead atoms. The Bertz CT molecular complexity index is 403. The number of nitrogens with zero attached hydrogens (tertiary/aromatic N) is 1. The number of aliphatic hydroxyl groups is 1. The number of nitrogens with one attached hydrogen (secondary N) is 1. The molecule has 0 aromatic rings. The molecular weight excluding hydrogens is 276 g/mol. The Morgan fingerprint density at radius 1 is 1.15 bits per heavy atom. The van der Waals surface area contributed by atoms with Crippen molar-refractivity contribution in [1.82, 2.24) is 9.03 Å². The van der Waals surface area contributed by atoms with Crippen molar-refractivity contribution in [3.63, 3.8) is 0 Å². The molecule has 1 atom stereocenters. The summed E-state index contributed by atoms with van der Waals surface area (Å²) in [6.45, 7) is 2.70. The second-order valence-corrected chi connectivity index (χ2v) is 8.13. The lowest BCUT2D eigenvalue weighted by Gasteiger charge is -2.34. The second-order valence-electron chi connectivity index (χ2n) is 6.42. The van der Waals surface area contributed by atoms with Gasteiger partial charge in [0.25, 0.3) is 10.2 Å². The molecule has 1 aliphatic heterocycles. The van der Waals surface area contributed by atoms with Gasteiger partial charge in [0.2, 0.25) is 0 Å². The first-order valence-electron chi connectivity index (χ1n) is 7.92. The number of hydrogen-bond acceptors (Lipinski definition) is 3. The predicted molar refractivity (Wildman–Crippen MR) is 79.6 cm³/mol. The third-order valence-corrected chi connectivity index (χ3v) is 6.34. The largest absolute Gasteiger partial charge is 0.389 e. The summed E-state index contributed by atoms with van der Waals surface area (Å²) in [6, 6.07) is 0.0602. The van der Waals surface area contributed by atoms with Crippen molar-refractivity contribution in [3.05, 3.63) is 0 Å². The van der Waals surface area contributed by atoms with E-state index >= 15 is 0 Å². The minimum Gasteiger partial charge on any atom is -0.389 e. The number of rotatable bonds is 4. The van der Waals surface area contributed by atoms with Crippen molar-refractivity contribution in [2.24, 2.45) is 0 Å². The molecule has 1 aliphatic carbocycles. The van der Waals surface area contributed by atoms with Gasteiger partial charge in [0.05, 0.1) is 5.60 Å². The van der Waals surface area contributed by atoms with E-state index in [0.29, 0.717) is 19.4 Å². The van der Waals surface area contributed by atoms with Crippen LogP contribution < -0.4 is 4.72 Å². The first-order chi connectivity index (χ1) is 9.43. The Balaban J connectivity index is 1.94. The summed E-state index contributed by atoms with van der Waals surface area (Å²) in [5, 5.41) is 10.5. The highest BCUT2D eigenvalue weighted by Gasteiger charge is 2.33. The zero-order valence-electron chi connectivity index (χ0n) is 12.5. The van der Waals surface area contributed by atoms with Crippen LogP contribution in [0.1, 0.15) is 64.7 Å². The molecule has 0 aromatic carbocycles. The predicted octanol–water partition coefficient (Wildman–Crippen LogP) is 1.78. The highest BCUT2D eigenvalue weighted by Crippen LogP contribution is 2.27. The van der Waals surface area contributed by atoms with E-state index < -0.39 is 15.8 Å². The van der Waals surface area contributed by atoms with Crippen molar-refractivity contribution in [3.8, 4) is 0 Å². The van der Waals surface area contributed by atoms with Gasteiger partial charge < -0.3 is 5.11 Å². The highest BCUT2D eigenvalue weighted by molar-refractivity contribution is 7.87. The smallest absolute Gasteiger partial charge is 0.279 e. The monoisotopic (exact) mass is 304 g/mol. The van der Waals surface area contributed by atoms with E-state index in [-0.39, 0.29) is 12.6 Å². The minimum absolute atomic E-state index is 0.0602. The Kier molecular flexibility index (Phi) is 5.45. The SMILES string of the molecule is CC1CCCCN1S(=O)(=O)NCC1(O)CCCCCC1. The molecule has 1 saturated heterocycles. The zero-order valence-corrected chi connectivity index (χ0v) is 13.3. The van der Waals surface area contributed by atoms with Gasteiger partial charge in [-0.1, -0.05) is 32.1 Å². The third-order valence-electron chi connectivity index (χ3n) is 4.67. The Hall–Kier alpha value is -0.170. The molecule has 2 fully saturated rings. The maximum atomic E-state index is 12.4. The highest BCUT2D eigenvalue weighted by atomic mass is 32.2. The molecule has 1 saturated carbocycles. The van der Waals surface area contributed by atoms with E-state index in [1.807, 2.05) is 6.92 Å². The molecule has 0 aromatic heterocycles. The fourth-order valence-corrected chi connectivity index (χ4v) is 4.87. The summed E-state index contributed by atoms with van der Waals surface area (Å²) in [6.07, 6.45) is 8.58. The first-order valence-corrected chi connectivity index (χ1v) is 9.36. The molecule has 0 amide bonds. The molecule has 20 heavy (non-hydrogen) atoms. The van der Waals surface area contributed by atoms with Gasteiger partial charge in [0.1, 0.15) is 0 Å². The Morgan fingerprint density at radius 2 is 1.80 bits per heavy atom. The van der Waals surface area contributed by atoms with Gasteiger partial charge in [-0.05, 0) is 32.6 Å². The van der Waals surface area contributed by atoms with Crippen LogP contribution >= 0.6 is 0 Å². The molecular formula is C14H28N2O3S. The van der Waals surface area contributed by atoms with Gasteiger partial charge in [-0.3, -0.25) is 0 Å². The van der Waals surface area contributed by atoms with Crippen LogP contribution in [0.5, 0.6) is 0 Å². The quantitative estimate of drug-likeness (QED) is 0.778. The molecule has 2 aliphatic rings. The van der Waals surface area contributed by atoms with Gasteiger partial charge >= 0.3 is 0 Å². The van der Waals surface area contributed by atoms with E-state index in [0.717, 1.165) is 44.9 Å². The standard InChI is InChI=1S/C14H28N2O3S/c1-13-8-4-7-11-16(13)20(18,19)15-12-14(17)9-5-2-3-6-10-14/h13,15,17H,2-12H2,1H3. The molecule has 0 spiro atoms. The average molecular weight is 304 g/mol. The molecule has 1 heterocycles. The Labute approximate surface area is 122 Å². The third kappa shape index (κ3) is 4.16. The van der Waals surface area contributed by atoms with Crippen molar-refractivity contribution in [2.45, 2.75) is 76.4 Å². The number of piperidine rings is 1. The van der Waals surface area contributed by atoms with Gasteiger partial charge in [0.15, 0.2) is 0 Å². The van der Waals surface area contributed by atoms with E-state index in [1.54, 1.807) is 4.31 Å². The van der Waals surface area contributed by atoms with Crippen LogP contribution in [0.15, 0.2) is 0 Å². The van der Waals surface area contributed by atoms with Crippen LogP contribution in [0.2, 0.25) is 0 Å². The fourth-order valence-electron chi connectivity index (χ4n) is 3.30. The van der Waals surface area contributed by atoms with E-state index in [2.05, 4.69) is 4.72 Å². The fraction of sp³-hybridized carbons (Fsp3) is 1.00. The maximum Gasteiger partial charge on any atom is 0.279 e. The maximum absolute atomic E-state index is 12.4. The molecule has 5 nitrogen and oxygen atoms in total. The lowest BCUT2D eigenvalue weighted by molar-refractivity contribution is 0.0297. The van der Waals surface area contributed by atoms with Crippen LogP contribution in [0, 0.1) is 0 Å². The summed E-state index contributed by atoms with van der Waals surface area (Å²) >= 11 is 0. The van der Waals surface area contributed by atoms with Crippen LogP contribution in [-0.2, 0) is 10.2 Å². The van der Waals surface area contributed by atoms with Crippen LogP contribution in [0.4, 0.5) is 0 Å². The lowest BCUT2D eigenvalue weighted by atomic mass is 9.95. The zero-order chi connectivity index (χ0) is 14.6. The Morgan fingerprint density at radius 3 is 2.40 bits per heavy atom. The van der Waals surface area contributed by atoms with E-state index in [1.165, 1.54) is 0 Å². The molecule has 118 valence electrons. The average Bonchev–Trinajstić information content (AvgIpc) is 2.63. The van der Waals surface area contributed by atoms with Crippen molar-refractivity contribution >= 4 is 10.2 Å². The van der Waals surface area contributed by atoms with Gasteiger partial charge in [-0.15, -0.1) is 0 Å². The molecule has 2 N–H and O–H groups in total. The first kappa shape index (κ1) is 16.2. The summed E-state index contributed by atoms with van der Waals surface area (Å²) in [5.74, 6) is 0. The summed E-state index contributed by atoms with van der Waals surface area (Å²) in [4.78, 5) is 0. The second kappa shape index (κ2) is 6.73.